The average Bonchev–Trinajstić information content (AvgIpc) is 3.19. The van der Waals surface area contributed by atoms with Gasteiger partial charge in [0, 0.05) is 38.3 Å². The van der Waals surface area contributed by atoms with E-state index in [1.165, 1.54) is 32.1 Å². The van der Waals surface area contributed by atoms with Crippen molar-refractivity contribution in [3.63, 3.8) is 0 Å². The number of nitrogens with one attached hydrogen (secondary N) is 1. The summed E-state index contributed by atoms with van der Waals surface area (Å²) < 4.78 is 11.1. The third-order valence-electron chi connectivity index (χ3n) is 5.63. The number of methoxy groups -OCH3 is 1. The molecule has 112 valence electrons. The van der Waals surface area contributed by atoms with E-state index in [2.05, 4.69) is 26.1 Å². The lowest BCUT2D eigenvalue weighted by Gasteiger charge is -2.54. The SMILES string of the molecule is CCOC1CC(NCC2(CCOC)CC2)C1(C)CC. The van der Waals surface area contributed by atoms with Crippen molar-refractivity contribution in [2.75, 3.05) is 26.9 Å². The molecule has 0 amide bonds. The maximum atomic E-state index is 5.87. The molecule has 0 bridgehead atoms. The Balaban J connectivity index is 1.78. The lowest BCUT2D eigenvalue weighted by atomic mass is 9.61. The van der Waals surface area contributed by atoms with Crippen LogP contribution in [0.5, 0.6) is 0 Å². The van der Waals surface area contributed by atoms with E-state index in [1.807, 2.05) is 0 Å². The minimum absolute atomic E-state index is 0.327. The van der Waals surface area contributed by atoms with E-state index in [4.69, 9.17) is 9.47 Å². The van der Waals surface area contributed by atoms with Crippen LogP contribution in [0.4, 0.5) is 0 Å². The summed E-state index contributed by atoms with van der Waals surface area (Å²) in [5, 5.41) is 3.83. The Morgan fingerprint density at radius 3 is 2.53 bits per heavy atom. The van der Waals surface area contributed by atoms with Gasteiger partial charge in [-0.1, -0.05) is 13.8 Å². The van der Waals surface area contributed by atoms with Crippen LogP contribution >= 0.6 is 0 Å². The van der Waals surface area contributed by atoms with Gasteiger partial charge >= 0.3 is 0 Å². The molecule has 19 heavy (non-hydrogen) atoms. The van der Waals surface area contributed by atoms with Crippen LogP contribution in [0.15, 0.2) is 0 Å². The molecule has 0 spiro atoms. The molecule has 1 N–H and O–H groups in total. The highest BCUT2D eigenvalue weighted by Gasteiger charge is 2.52. The monoisotopic (exact) mass is 269 g/mol. The summed E-state index contributed by atoms with van der Waals surface area (Å²) in [4.78, 5) is 0. The van der Waals surface area contributed by atoms with E-state index in [0.29, 0.717) is 23.0 Å². The van der Waals surface area contributed by atoms with Crippen LogP contribution in [0.3, 0.4) is 0 Å². The molecule has 2 aliphatic carbocycles. The molecule has 0 heterocycles. The highest BCUT2D eigenvalue weighted by Crippen LogP contribution is 2.50. The minimum atomic E-state index is 0.327. The summed E-state index contributed by atoms with van der Waals surface area (Å²) >= 11 is 0. The zero-order valence-corrected chi connectivity index (χ0v) is 13.1. The van der Waals surface area contributed by atoms with Crippen LogP contribution < -0.4 is 5.32 Å². The fourth-order valence-electron chi connectivity index (χ4n) is 3.42. The molecular weight excluding hydrogens is 238 g/mol. The average molecular weight is 269 g/mol. The zero-order valence-electron chi connectivity index (χ0n) is 13.1. The molecule has 2 aliphatic rings. The van der Waals surface area contributed by atoms with E-state index in [-0.39, 0.29) is 0 Å². The summed E-state index contributed by atoms with van der Waals surface area (Å²) in [6, 6.07) is 0.633. The summed E-state index contributed by atoms with van der Waals surface area (Å²) in [6.07, 6.45) is 6.77. The van der Waals surface area contributed by atoms with Crippen LogP contribution in [0.2, 0.25) is 0 Å². The third kappa shape index (κ3) is 3.14. The Morgan fingerprint density at radius 2 is 2.00 bits per heavy atom. The van der Waals surface area contributed by atoms with Crippen molar-refractivity contribution in [1.29, 1.82) is 0 Å². The summed E-state index contributed by atoms with van der Waals surface area (Å²) in [5.41, 5.74) is 0.870. The summed E-state index contributed by atoms with van der Waals surface area (Å²) in [7, 11) is 1.80. The van der Waals surface area contributed by atoms with Crippen molar-refractivity contribution >= 4 is 0 Å². The maximum absolute atomic E-state index is 5.87. The normalized spacial score (nSPS) is 36.0. The first-order valence-electron chi connectivity index (χ1n) is 7.94. The Kier molecular flexibility index (Phi) is 4.91. The van der Waals surface area contributed by atoms with Crippen molar-refractivity contribution in [2.45, 2.75) is 65.0 Å². The van der Waals surface area contributed by atoms with Gasteiger partial charge in [0.15, 0.2) is 0 Å². The molecule has 2 rings (SSSR count). The Labute approximate surface area is 118 Å². The largest absolute Gasteiger partial charge is 0.385 e. The fourth-order valence-corrected chi connectivity index (χ4v) is 3.42. The second kappa shape index (κ2) is 6.11. The van der Waals surface area contributed by atoms with Gasteiger partial charge in [-0.15, -0.1) is 0 Å². The molecular formula is C16H31NO2. The molecule has 0 aromatic carbocycles. The molecule has 3 atom stereocenters. The first kappa shape index (κ1) is 15.3. The number of rotatable bonds is 9. The van der Waals surface area contributed by atoms with Gasteiger partial charge in [-0.3, -0.25) is 0 Å². The van der Waals surface area contributed by atoms with Crippen molar-refractivity contribution in [3.05, 3.63) is 0 Å². The number of hydrogen-bond acceptors (Lipinski definition) is 3. The van der Waals surface area contributed by atoms with Gasteiger partial charge in [0.2, 0.25) is 0 Å². The Bertz CT molecular complexity index is 290. The second-order valence-electron chi connectivity index (χ2n) is 6.72. The first-order chi connectivity index (χ1) is 9.10. The van der Waals surface area contributed by atoms with Gasteiger partial charge in [-0.2, -0.15) is 0 Å². The molecule has 0 aromatic heterocycles. The minimum Gasteiger partial charge on any atom is -0.385 e. The molecule has 3 nitrogen and oxygen atoms in total. The lowest BCUT2D eigenvalue weighted by Crippen LogP contribution is -2.62. The molecule has 2 saturated carbocycles. The van der Waals surface area contributed by atoms with Gasteiger partial charge in [0.05, 0.1) is 6.10 Å². The molecule has 3 heteroatoms. The topological polar surface area (TPSA) is 30.5 Å². The lowest BCUT2D eigenvalue weighted by molar-refractivity contribution is -0.126. The van der Waals surface area contributed by atoms with Crippen LogP contribution in [0.1, 0.15) is 52.9 Å². The van der Waals surface area contributed by atoms with Gasteiger partial charge in [0.25, 0.3) is 0 Å². The summed E-state index contributed by atoms with van der Waals surface area (Å²) in [6.45, 7) is 9.67. The molecule has 0 aromatic rings. The summed E-state index contributed by atoms with van der Waals surface area (Å²) in [5.74, 6) is 0. The molecule has 0 aliphatic heterocycles. The smallest absolute Gasteiger partial charge is 0.0658 e. The number of hydrogen-bond donors (Lipinski definition) is 1. The standard InChI is InChI=1S/C16H31NO2/c1-5-15(3)13(11-14(15)19-6-2)17-12-16(7-8-16)9-10-18-4/h13-14,17H,5-12H2,1-4H3. The predicted octanol–water partition coefficient (Wildman–Crippen LogP) is 2.99. The van der Waals surface area contributed by atoms with Crippen LogP contribution in [-0.4, -0.2) is 39.0 Å². The zero-order chi connectivity index (χ0) is 13.9. The quantitative estimate of drug-likeness (QED) is 0.698. The van der Waals surface area contributed by atoms with Gasteiger partial charge in [-0.25, -0.2) is 0 Å². The third-order valence-corrected chi connectivity index (χ3v) is 5.63. The molecule has 0 radical (unpaired) electrons. The van der Waals surface area contributed by atoms with Gasteiger partial charge in [0.1, 0.15) is 0 Å². The Hall–Kier alpha value is -0.120. The van der Waals surface area contributed by atoms with E-state index < -0.39 is 0 Å². The second-order valence-corrected chi connectivity index (χ2v) is 6.72. The number of ether oxygens (including phenoxy) is 2. The molecule has 0 saturated heterocycles. The van der Waals surface area contributed by atoms with Crippen molar-refractivity contribution in [1.82, 2.24) is 5.32 Å². The van der Waals surface area contributed by atoms with Crippen LogP contribution in [-0.2, 0) is 9.47 Å². The first-order valence-corrected chi connectivity index (χ1v) is 7.94. The van der Waals surface area contributed by atoms with Crippen molar-refractivity contribution in [3.8, 4) is 0 Å². The van der Waals surface area contributed by atoms with E-state index >= 15 is 0 Å². The maximum Gasteiger partial charge on any atom is 0.0658 e. The van der Waals surface area contributed by atoms with Gasteiger partial charge < -0.3 is 14.8 Å². The van der Waals surface area contributed by atoms with E-state index in [9.17, 15) is 0 Å². The molecule has 2 fully saturated rings. The van der Waals surface area contributed by atoms with Crippen LogP contribution in [0.25, 0.3) is 0 Å². The highest BCUT2D eigenvalue weighted by molar-refractivity contribution is 5.06. The van der Waals surface area contributed by atoms with Gasteiger partial charge in [-0.05, 0) is 44.4 Å². The fraction of sp³-hybridized carbons (Fsp3) is 1.00. The Morgan fingerprint density at radius 1 is 1.26 bits per heavy atom. The van der Waals surface area contributed by atoms with Crippen LogP contribution in [0, 0.1) is 10.8 Å². The predicted molar refractivity (Wildman–Crippen MR) is 78.4 cm³/mol. The highest BCUT2D eigenvalue weighted by atomic mass is 16.5. The van der Waals surface area contributed by atoms with E-state index in [1.54, 1.807) is 7.11 Å². The molecule has 3 unspecified atom stereocenters. The van der Waals surface area contributed by atoms with Crippen molar-refractivity contribution in [2.24, 2.45) is 10.8 Å². The van der Waals surface area contributed by atoms with Crippen molar-refractivity contribution < 1.29 is 9.47 Å². The van der Waals surface area contributed by atoms with E-state index in [0.717, 1.165) is 19.8 Å².